The summed E-state index contributed by atoms with van der Waals surface area (Å²) in [4.78, 5) is 14.6. The van der Waals surface area contributed by atoms with E-state index >= 15 is 0 Å². The summed E-state index contributed by atoms with van der Waals surface area (Å²) >= 11 is 0. The summed E-state index contributed by atoms with van der Waals surface area (Å²) in [5, 5.41) is 7.51. The molecular weight excluding hydrogens is 324 g/mol. The first-order valence-corrected chi connectivity index (χ1v) is 8.80. The average Bonchev–Trinajstić information content (AvgIpc) is 3.01. The Bertz CT molecular complexity index is 869. The second-order valence-corrected chi connectivity index (χ2v) is 6.32. The fourth-order valence-corrected chi connectivity index (χ4v) is 2.85. The number of nitrogens with one attached hydrogen (secondary N) is 1. The number of aromatic nitrogens is 2. The van der Waals surface area contributed by atoms with Gasteiger partial charge in [0.05, 0.1) is 17.9 Å². The van der Waals surface area contributed by atoms with E-state index in [1.54, 1.807) is 4.68 Å². The van der Waals surface area contributed by atoms with Crippen LogP contribution >= 0.6 is 0 Å². The summed E-state index contributed by atoms with van der Waals surface area (Å²) in [5.41, 5.74) is 4.00. The number of para-hydroxylation sites is 1. The molecule has 26 heavy (non-hydrogen) atoms. The first-order chi connectivity index (χ1) is 12.6. The maximum absolute atomic E-state index is 12.6. The van der Waals surface area contributed by atoms with E-state index in [0.717, 1.165) is 23.6 Å². The lowest BCUT2D eigenvalue weighted by atomic mass is 10.2. The van der Waals surface area contributed by atoms with E-state index in [2.05, 4.69) is 10.4 Å². The third-order valence-corrected chi connectivity index (χ3v) is 4.22. The van der Waals surface area contributed by atoms with E-state index < -0.39 is 0 Å². The molecule has 1 aromatic heterocycles. The molecule has 0 radical (unpaired) electrons. The molecule has 0 bridgehead atoms. The second-order valence-electron chi connectivity index (χ2n) is 6.32. The maximum Gasteiger partial charge on any atom is 0.245 e. The van der Waals surface area contributed by atoms with Crippen molar-refractivity contribution < 1.29 is 4.79 Å². The van der Waals surface area contributed by atoms with Gasteiger partial charge in [-0.15, -0.1) is 0 Å². The van der Waals surface area contributed by atoms with Gasteiger partial charge in [0.25, 0.3) is 0 Å². The first kappa shape index (κ1) is 17.7. The predicted molar refractivity (Wildman–Crippen MR) is 106 cm³/mol. The van der Waals surface area contributed by atoms with Crippen molar-refractivity contribution in [1.29, 1.82) is 0 Å². The zero-order chi connectivity index (χ0) is 18.5. The fraction of sp³-hybridized carbons (Fsp3) is 0.238. The molecule has 0 aliphatic rings. The molecule has 0 aliphatic carbocycles. The van der Waals surface area contributed by atoms with Crippen LogP contribution in [0.5, 0.6) is 0 Å². The third kappa shape index (κ3) is 4.11. The van der Waals surface area contributed by atoms with E-state index in [1.807, 2.05) is 86.3 Å². The fourth-order valence-electron chi connectivity index (χ4n) is 2.85. The monoisotopic (exact) mass is 348 g/mol. The number of anilines is 2. The molecule has 1 amide bonds. The Morgan fingerprint density at radius 3 is 2.42 bits per heavy atom. The normalized spacial score (nSPS) is 10.6. The van der Waals surface area contributed by atoms with E-state index in [4.69, 9.17) is 0 Å². The molecule has 2 aromatic carbocycles. The molecule has 0 fully saturated rings. The van der Waals surface area contributed by atoms with E-state index in [9.17, 15) is 4.79 Å². The number of benzene rings is 2. The van der Waals surface area contributed by atoms with Crippen LogP contribution in [0.1, 0.15) is 18.2 Å². The second kappa shape index (κ2) is 7.87. The Kier molecular flexibility index (Phi) is 5.37. The number of likely N-dealkylation sites (N-methyl/N-ethyl adjacent to an activating group) is 1. The lowest BCUT2D eigenvalue weighted by Gasteiger charge is -2.22. The Labute approximate surface area is 154 Å². The van der Waals surface area contributed by atoms with Crippen LogP contribution in [0.15, 0.2) is 60.7 Å². The standard InChI is InChI=1S/C21H24N4O/c1-4-24(18-8-6-5-7-9-18)15-21(26)22-20-14-17(3)23-25(20)19-12-10-16(2)11-13-19/h5-14H,4,15H2,1-3H3,(H,22,26). The summed E-state index contributed by atoms with van der Waals surface area (Å²) in [6, 6.07) is 19.9. The highest BCUT2D eigenvalue weighted by Gasteiger charge is 2.14. The number of nitrogens with zero attached hydrogens (tertiary/aromatic N) is 3. The molecule has 0 aliphatic heterocycles. The van der Waals surface area contributed by atoms with Crippen LogP contribution in [0, 0.1) is 13.8 Å². The zero-order valence-corrected chi connectivity index (χ0v) is 15.4. The van der Waals surface area contributed by atoms with Crippen molar-refractivity contribution in [2.45, 2.75) is 20.8 Å². The lowest BCUT2D eigenvalue weighted by Crippen LogP contribution is -2.33. The van der Waals surface area contributed by atoms with E-state index in [1.165, 1.54) is 5.56 Å². The van der Waals surface area contributed by atoms with Crippen molar-refractivity contribution in [1.82, 2.24) is 9.78 Å². The van der Waals surface area contributed by atoms with Gasteiger partial charge in [0.1, 0.15) is 5.82 Å². The van der Waals surface area contributed by atoms with Gasteiger partial charge < -0.3 is 10.2 Å². The van der Waals surface area contributed by atoms with E-state index in [-0.39, 0.29) is 5.91 Å². The van der Waals surface area contributed by atoms with Gasteiger partial charge in [-0.25, -0.2) is 4.68 Å². The van der Waals surface area contributed by atoms with Gasteiger partial charge in [-0.3, -0.25) is 4.79 Å². The number of carbonyl (C=O) groups is 1. The third-order valence-electron chi connectivity index (χ3n) is 4.22. The number of amides is 1. The van der Waals surface area contributed by atoms with Gasteiger partial charge in [-0.1, -0.05) is 35.9 Å². The molecule has 0 atom stereocenters. The largest absolute Gasteiger partial charge is 0.362 e. The Morgan fingerprint density at radius 1 is 1.08 bits per heavy atom. The lowest BCUT2D eigenvalue weighted by molar-refractivity contribution is -0.115. The van der Waals surface area contributed by atoms with Crippen molar-refractivity contribution in [3.05, 3.63) is 71.9 Å². The smallest absolute Gasteiger partial charge is 0.245 e. The average molecular weight is 348 g/mol. The van der Waals surface area contributed by atoms with Crippen molar-refractivity contribution >= 4 is 17.4 Å². The molecule has 0 saturated heterocycles. The van der Waals surface area contributed by atoms with Crippen LogP contribution in [-0.4, -0.2) is 28.8 Å². The number of carbonyl (C=O) groups excluding carboxylic acids is 1. The zero-order valence-electron chi connectivity index (χ0n) is 15.4. The van der Waals surface area contributed by atoms with Crippen molar-refractivity contribution in [2.24, 2.45) is 0 Å². The number of hydrogen-bond acceptors (Lipinski definition) is 3. The van der Waals surface area contributed by atoms with Gasteiger partial charge in [-0.2, -0.15) is 5.10 Å². The predicted octanol–water partition coefficient (Wildman–Crippen LogP) is 3.95. The van der Waals surface area contributed by atoms with Gasteiger partial charge in [-0.05, 0) is 45.0 Å². The summed E-state index contributed by atoms with van der Waals surface area (Å²) in [6.07, 6.45) is 0. The number of aryl methyl sites for hydroxylation is 2. The SMILES string of the molecule is CCN(CC(=O)Nc1cc(C)nn1-c1ccc(C)cc1)c1ccccc1. The van der Waals surface area contributed by atoms with Crippen molar-refractivity contribution in [2.75, 3.05) is 23.3 Å². The molecule has 5 nitrogen and oxygen atoms in total. The summed E-state index contributed by atoms with van der Waals surface area (Å²) in [6.45, 7) is 7.06. The minimum absolute atomic E-state index is 0.0658. The molecule has 3 aromatic rings. The summed E-state index contributed by atoms with van der Waals surface area (Å²) in [5.74, 6) is 0.615. The quantitative estimate of drug-likeness (QED) is 0.734. The number of hydrogen-bond donors (Lipinski definition) is 1. The van der Waals surface area contributed by atoms with Gasteiger partial charge in [0.2, 0.25) is 5.91 Å². The first-order valence-electron chi connectivity index (χ1n) is 8.80. The minimum Gasteiger partial charge on any atom is -0.362 e. The molecule has 0 spiro atoms. The highest BCUT2D eigenvalue weighted by Crippen LogP contribution is 2.18. The van der Waals surface area contributed by atoms with Crippen molar-refractivity contribution in [3.8, 4) is 5.69 Å². The van der Waals surface area contributed by atoms with Gasteiger partial charge in [0.15, 0.2) is 0 Å². The minimum atomic E-state index is -0.0658. The summed E-state index contributed by atoms with van der Waals surface area (Å²) < 4.78 is 1.77. The van der Waals surface area contributed by atoms with E-state index in [0.29, 0.717) is 12.4 Å². The van der Waals surface area contributed by atoms with Crippen LogP contribution in [0.2, 0.25) is 0 Å². The van der Waals surface area contributed by atoms with Gasteiger partial charge >= 0.3 is 0 Å². The van der Waals surface area contributed by atoms with Crippen LogP contribution in [0.25, 0.3) is 5.69 Å². The molecule has 3 rings (SSSR count). The highest BCUT2D eigenvalue weighted by molar-refractivity contribution is 5.93. The molecule has 1 heterocycles. The summed E-state index contributed by atoms with van der Waals surface area (Å²) in [7, 11) is 0. The molecule has 0 unspecified atom stereocenters. The van der Waals surface area contributed by atoms with Gasteiger partial charge in [0, 0.05) is 18.3 Å². The van der Waals surface area contributed by atoms with Crippen LogP contribution in [-0.2, 0) is 4.79 Å². The van der Waals surface area contributed by atoms with Crippen LogP contribution in [0.3, 0.4) is 0 Å². The Hall–Kier alpha value is -3.08. The maximum atomic E-state index is 12.6. The highest BCUT2D eigenvalue weighted by atomic mass is 16.2. The van der Waals surface area contributed by atoms with Crippen LogP contribution < -0.4 is 10.2 Å². The van der Waals surface area contributed by atoms with Crippen LogP contribution in [0.4, 0.5) is 11.5 Å². The molecule has 5 heteroatoms. The topological polar surface area (TPSA) is 50.2 Å². The molecule has 1 N–H and O–H groups in total. The number of rotatable bonds is 6. The van der Waals surface area contributed by atoms with Crippen molar-refractivity contribution in [3.63, 3.8) is 0 Å². The Balaban J connectivity index is 1.76. The molecule has 134 valence electrons. The molecule has 0 saturated carbocycles. The Morgan fingerprint density at radius 2 is 1.77 bits per heavy atom. The molecular formula is C21H24N4O.